The molecule has 0 aliphatic heterocycles. The predicted octanol–water partition coefficient (Wildman–Crippen LogP) is 2.17. The third-order valence-electron chi connectivity index (χ3n) is 2.03. The Balaban J connectivity index is 2.23. The first-order valence-electron chi connectivity index (χ1n) is 4.33. The Morgan fingerprint density at radius 3 is 2.93 bits per heavy atom. The molecule has 0 bridgehead atoms. The molecule has 0 atom stereocenters. The largest absolute Gasteiger partial charge is 0.338 e. The van der Waals surface area contributed by atoms with Gasteiger partial charge in [-0.3, -0.25) is 0 Å². The van der Waals surface area contributed by atoms with Crippen LogP contribution in [0.1, 0.15) is 11.5 Å². The van der Waals surface area contributed by atoms with Crippen LogP contribution in [0.3, 0.4) is 0 Å². The molecule has 72 valence electrons. The van der Waals surface area contributed by atoms with Gasteiger partial charge >= 0.3 is 0 Å². The number of imidazole rings is 1. The second-order valence-corrected chi connectivity index (χ2v) is 3.90. The van der Waals surface area contributed by atoms with E-state index >= 15 is 0 Å². The van der Waals surface area contributed by atoms with E-state index in [9.17, 15) is 0 Å². The molecule has 4 heteroatoms. The molecular weight excluding hydrogens is 242 g/mol. The van der Waals surface area contributed by atoms with Crippen molar-refractivity contribution in [3.05, 3.63) is 46.7 Å². The van der Waals surface area contributed by atoms with Crippen LogP contribution in [0.5, 0.6) is 0 Å². The van der Waals surface area contributed by atoms with Crippen molar-refractivity contribution in [2.45, 2.75) is 6.42 Å². The second kappa shape index (κ2) is 3.92. The average Bonchev–Trinajstić information content (AvgIpc) is 2.52. The summed E-state index contributed by atoms with van der Waals surface area (Å²) in [4.78, 5) is 8.60. The lowest BCUT2D eigenvalue weighted by Gasteiger charge is -2.01. The fraction of sp³-hybridized carbons (Fsp3) is 0.200. The van der Waals surface area contributed by atoms with Gasteiger partial charge < -0.3 is 4.57 Å². The maximum absolute atomic E-state index is 4.35. The lowest BCUT2D eigenvalue weighted by Crippen LogP contribution is -2.00. The minimum absolute atomic E-state index is 0.767. The molecule has 2 aromatic heterocycles. The first-order chi connectivity index (χ1) is 6.75. The number of aromatic nitrogens is 3. The van der Waals surface area contributed by atoms with E-state index in [0.29, 0.717) is 0 Å². The number of nitrogens with zero attached hydrogens (tertiary/aromatic N) is 3. The molecule has 0 saturated heterocycles. The van der Waals surface area contributed by atoms with Gasteiger partial charge in [0, 0.05) is 31.6 Å². The summed E-state index contributed by atoms with van der Waals surface area (Å²) in [5.41, 5.74) is 1.02. The topological polar surface area (TPSA) is 30.7 Å². The van der Waals surface area contributed by atoms with Gasteiger partial charge in [-0.2, -0.15) is 0 Å². The monoisotopic (exact) mass is 251 g/mol. The quantitative estimate of drug-likeness (QED) is 0.767. The molecule has 0 aliphatic carbocycles. The molecule has 0 spiro atoms. The third kappa shape index (κ3) is 2.01. The van der Waals surface area contributed by atoms with Crippen LogP contribution in [-0.2, 0) is 13.5 Å². The summed E-state index contributed by atoms with van der Waals surface area (Å²) < 4.78 is 2.87. The first kappa shape index (κ1) is 9.40. The van der Waals surface area contributed by atoms with E-state index in [0.717, 1.165) is 22.5 Å². The molecule has 0 amide bonds. The molecule has 0 N–H and O–H groups in total. The van der Waals surface area contributed by atoms with Gasteiger partial charge in [-0.25, -0.2) is 9.97 Å². The van der Waals surface area contributed by atoms with Crippen LogP contribution in [0.25, 0.3) is 0 Å². The Labute approximate surface area is 90.9 Å². The highest BCUT2D eigenvalue weighted by Crippen LogP contribution is 2.09. The van der Waals surface area contributed by atoms with E-state index in [4.69, 9.17) is 0 Å². The summed E-state index contributed by atoms with van der Waals surface area (Å²) in [6.45, 7) is 0. The van der Waals surface area contributed by atoms with E-state index < -0.39 is 0 Å². The lowest BCUT2D eigenvalue weighted by atomic mass is 10.2. The summed E-state index contributed by atoms with van der Waals surface area (Å²) in [5, 5.41) is 0. The Hall–Kier alpha value is -1.16. The van der Waals surface area contributed by atoms with Crippen molar-refractivity contribution in [1.29, 1.82) is 0 Å². The van der Waals surface area contributed by atoms with Crippen molar-refractivity contribution in [3.63, 3.8) is 0 Å². The van der Waals surface area contributed by atoms with Crippen molar-refractivity contribution in [3.8, 4) is 0 Å². The minimum atomic E-state index is 0.767. The van der Waals surface area contributed by atoms with Crippen LogP contribution < -0.4 is 0 Å². The zero-order valence-corrected chi connectivity index (χ0v) is 9.40. The molecule has 2 aromatic rings. The van der Waals surface area contributed by atoms with E-state index in [2.05, 4.69) is 25.9 Å². The van der Waals surface area contributed by atoms with Crippen molar-refractivity contribution in [2.75, 3.05) is 0 Å². The summed E-state index contributed by atoms with van der Waals surface area (Å²) in [5.74, 6) is 1.02. The summed E-state index contributed by atoms with van der Waals surface area (Å²) in [6, 6.07) is 5.90. The molecule has 0 aliphatic rings. The minimum Gasteiger partial charge on any atom is -0.338 e. The Morgan fingerprint density at radius 2 is 2.29 bits per heavy atom. The first-order valence-corrected chi connectivity index (χ1v) is 5.12. The number of hydrogen-bond acceptors (Lipinski definition) is 2. The lowest BCUT2D eigenvalue weighted by molar-refractivity contribution is 0.810. The van der Waals surface area contributed by atoms with Crippen LogP contribution >= 0.6 is 15.9 Å². The molecule has 14 heavy (non-hydrogen) atoms. The number of hydrogen-bond donors (Lipinski definition) is 0. The number of aryl methyl sites for hydroxylation is 1. The fourth-order valence-corrected chi connectivity index (χ4v) is 1.66. The normalized spacial score (nSPS) is 10.4. The highest BCUT2D eigenvalue weighted by molar-refractivity contribution is 9.10. The van der Waals surface area contributed by atoms with Crippen LogP contribution in [0.2, 0.25) is 0 Å². The molecule has 2 heterocycles. The van der Waals surface area contributed by atoms with Gasteiger partial charge in [-0.1, -0.05) is 6.07 Å². The third-order valence-corrected chi connectivity index (χ3v) is 2.47. The average molecular weight is 252 g/mol. The van der Waals surface area contributed by atoms with Gasteiger partial charge in [0.05, 0.1) is 0 Å². The summed E-state index contributed by atoms with van der Waals surface area (Å²) >= 11 is 3.35. The van der Waals surface area contributed by atoms with Gasteiger partial charge in [0.25, 0.3) is 0 Å². The van der Waals surface area contributed by atoms with Gasteiger partial charge in [-0.05, 0) is 28.1 Å². The summed E-state index contributed by atoms with van der Waals surface area (Å²) in [7, 11) is 1.99. The van der Waals surface area contributed by atoms with Crippen LogP contribution in [-0.4, -0.2) is 14.5 Å². The SMILES string of the molecule is Cn1ccnc1Cc1cccc(Br)n1. The Kier molecular flexibility index (Phi) is 2.63. The fourth-order valence-electron chi connectivity index (χ4n) is 1.28. The molecule has 0 unspecified atom stereocenters. The number of pyridine rings is 1. The molecule has 0 radical (unpaired) electrons. The van der Waals surface area contributed by atoms with Crippen molar-refractivity contribution >= 4 is 15.9 Å². The second-order valence-electron chi connectivity index (χ2n) is 3.08. The maximum Gasteiger partial charge on any atom is 0.114 e. The molecule has 0 fully saturated rings. The highest BCUT2D eigenvalue weighted by atomic mass is 79.9. The number of halogens is 1. The maximum atomic E-state index is 4.35. The Morgan fingerprint density at radius 1 is 1.43 bits per heavy atom. The zero-order chi connectivity index (χ0) is 9.97. The predicted molar refractivity (Wildman–Crippen MR) is 58.0 cm³/mol. The van der Waals surface area contributed by atoms with Gasteiger partial charge in [-0.15, -0.1) is 0 Å². The molecule has 0 aromatic carbocycles. The standard InChI is InChI=1S/C10H10BrN3/c1-14-6-5-12-10(14)7-8-3-2-4-9(11)13-8/h2-6H,7H2,1H3. The van der Waals surface area contributed by atoms with Gasteiger partial charge in [0.1, 0.15) is 10.4 Å². The Bertz CT molecular complexity index is 436. The van der Waals surface area contributed by atoms with Crippen LogP contribution in [0.15, 0.2) is 35.2 Å². The molecule has 3 nitrogen and oxygen atoms in total. The van der Waals surface area contributed by atoms with Crippen molar-refractivity contribution in [1.82, 2.24) is 14.5 Å². The zero-order valence-electron chi connectivity index (χ0n) is 7.81. The van der Waals surface area contributed by atoms with Gasteiger partial charge in [0.2, 0.25) is 0 Å². The molecular formula is C10H10BrN3. The van der Waals surface area contributed by atoms with Crippen LogP contribution in [0, 0.1) is 0 Å². The summed E-state index contributed by atoms with van der Waals surface area (Å²) in [6.07, 6.45) is 4.50. The van der Waals surface area contributed by atoms with Crippen molar-refractivity contribution in [2.24, 2.45) is 7.05 Å². The van der Waals surface area contributed by atoms with Crippen LogP contribution in [0.4, 0.5) is 0 Å². The van der Waals surface area contributed by atoms with E-state index in [1.165, 1.54) is 0 Å². The van der Waals surface area contributed by atoms with E-state index in [1.54, 1.807) is 6.20 Å². The highest BCUT2D eigenvalue weighted by Gasteiger charge is 2.02. The molecule has 0 saturated carbocycles. The smallest absolute Gasteiger partial charge is 0.114 e. The van der Waals surface area contributed by atoms with E-state index in [1.807, 2.05) is 36.0 Å². The van der Waals surface area contributed by atoms with Gasteiger partial charge in [0.15, 0.2) is 0 Å². The molecule has 2 rings (SSSR count). The number of rotatable bonds is 2. The van der Waals surface area contributed by atoms with Crippen molar-refractivity contribution < 1.29 is 0 Å². The van der Waals surface area contributed by atoms with E-state index in [-0.39, 0.29) is 0 Å².